The van der Waals surface area contributed by atoms with Crippen LogP contribution in [0.2, 0.25) is 0 Å². The van der Waals surface area contributed by atoms with Crippen molar-refractivity contribution >= 4 is 5.97 Å². The number of halogens is 1. The van der Waals surface area contributed by atoms with Crippen molar-refractivity contribution in [3.8, 4) is 0 Å². The third-order valence-electron chi connectivity index (χ3n) is 4.64. The van der Waals surface area contributed by atoms with Gasteiger partial charge in [-0.2, -0.15) is 0 Å². The molecule has 1 aromatic carbocycles. The SMILES string of the molecule is CC[C@@]1(C)C[C@H]([C@@H](CC(=O)O)c2ccc(F)cc2)CCO1. The van der Waals surface area contributed by atoms with Crippen molar-refractivity contribution in [3.05, 3.63) is 35.6 Å². The van der Waals surface area contributed by atoms with E-state index >= 15 is 0 Å². The van der Waals surface area contributed by atoms with Crippen LogP contribution in [0.15, 0.2) is 24.3 Å². The monoisotopic (exact) mass is 294 g/mol. The van der Waals surface area contributed by atoms with Gasteiger partial charge in [-0.15, -0.1) is 0 Å². The number of aliphatic carboxylic acids is 1. The molecule has 2 rings (SSSR count). The first-order chi connectivity index (χ1) is 9.93. The van der Waals surface area contributed by atoms with Gasteiger partial charge >= 0.3 is 5.97 Å². The molecular formula is C17H23FO3. The third-order valence-corrected chi connectivity index (χ3v) is 4.64. The van der Waals surface area contributed by atoms with Gasteiger partial charge in [0.05, 0.1) is 12.0 Å². The van der Waals surface area contributed by atoms with Gasteiger partial charge < -0.3 is 9.84 Å². The summed E-state index contributed by atoms with van der Waals surface area (Å²) in [5, 5.41) is 9.21. The molecule has 3 nitrogen and oxygen atoms in total. The average Bonchev–Trinajstić information content (AvgIpc) is 2.46. The fourth-order valence-corrected chi connectivity index (χ4v) is 3.22. The Morgan fingerprint density at radius 1 is 1.48 bits per heavy atom. The molecule has 21 heavy (non-hydrogen) atoms. The summed E-state index contributed by atoms with van der Waals surface area (Å²) in [6.07, 6.45) is 2.69. The zero-order valence-electron chi connectivity index (χ0n) is 12.6. The molecule has 0 spiro atoms. The molecule has 1 N–H and O–H groups in total. The lowest BCUT2D eigenvalue weighted by Crippen LogP contribution is -2.38. The fourth-order valence-electron chi connectivity index (χ4n) is 3.22. The Kier molecular flexibility index (Phi) is 4.99. The number of benzene rings is 1. The number of rotatable bonds is 5. The van der Waals surface area contributed by atoms with Gasteiger partial charge in [-0.25, -0.2) is 4.39 Å². The lowest BCUT2D eigenvalue weighted by Gasteiger charge is -2.40. The highest BCUT2D eigenvalue weighted by atomic mass is 19.1. The zero-order chi connectivity index (χ0) is 15.5. The molecule has 1 saturated heterocycles. The van der Waals surface area contributed by atoms with Gasteiger partial charge in [0.1, 0.15) is 5.82 Å². The maximum absolute atomic E-state index is 13.1. The quantitative estimate of drug-likeness (QED) is 0.893. The van der Waals surface area contributed by atoms with Crippen LogP contribution < -0.4 is 0 Å². The van der Waals surface area contributed by atoms with Crippen molar-refractivity contribution in [2.45, 2.75) is 51.0 Å². The van der Waals surface area contributed by atoms with Gasteiger partial charge in [-0.05, 0) is 55.7 Å². The van der Waals surface area contributed by atoms with E-state index in [0.29, 0.717) is 6.61 Å². The summed E-state index contributed by atoms with van der Waals surface area (Å²) in [6, 6.07) is 6.23. The smallest absolute Gasteiger partial charge is 0.303 e. The summed E-state index contributed by atoms with van der Waals surface area (Å²) in [5.74, 6) is -0.935. The molecule has 116 valence electrons. The molecule has 1 aromatic rings. The predicted molar refractivity (Wildman–Crippen MR) is 78.8 cm³/mol. The van der Waals surface area contributed by atoms with Gasteiger partial charge in [-0.3, -0.25) is 4.79 Å². The second-order valence-corrected chi connectivity index (χ2v) is 6.16. The molecule has 1 heterocycles. The summed E-state index contributed by atoms with van der Waals surface area (Å²) in [7, 11) is 0. The molecule has 4 heteroatoms. The summed E-state index contributed by atoms with van der Waals surface area (Å²) in [4.78, 5) is 11.2. The molecule has 0 radical (unpaired) electrons. The first-order valence-corrected chi connectivity index (χ1v) is 7.55. The van der Waals surface area contributed by atoms with Crippen LogP contribution in [0.1, 0.15) is 51.0 Å². The number of carbonyl (C=O) groups is 1. The summed E-state index contributed by atoms with van der Waals surface area (Å²) in [6.45, 7) is 4.83. The Labute approximate surface area is 125 Å². The van der Waals surface area contributed by atoms with Crippen molar-refractivity contribution in [2.75, 3.05) is 6.61 Å². The largest absolute Gasteiger partial charge is 0.481 e. The van der Waals surface area contributed by atoms with Gasteiger partial charge in [0.2, 0.25) is 0 Å². The second kappa shape index (κ2) is 6.56. The van der Waals surface area contributed by atoms with Crippen LogP contribution in [-0.2, 0) is 9.53 Å². The Balaban J connectivity index is 2.23. The standard InChI is InChI=1S/C17H23FO3/c1-3-17(2)11-13(8-9-21-17)15(10-16(19)20)12-4-6-14(18)7-5-12/h4-7,13,15H,3,8-11H2,1-2H3,(H,19,20)/t13-,15+,17+/m1/s1. The highest BCUT2D eigenvalue weighted by Crippen LogP contribution is 2.41. The maximum atomic E-state index is 13.1. The minimum Gasteiger partial charge on any atom is -0.481 e. The first kappa shape index (κ1) is 16.0. The summed E-state index contributed by atoms with van der Waals surface area (Å²) in [5.41, 5.74) is 0.726. The van der Waals surface area contributed by atoms with Crippen LogP contribution in [0.5, 0.6) is 0 Å². The Morgan fingerprint density at radius 3 is 2.71 bits per heavy atom. The Bertz CT molecular complexity index is 485. The van der Waals surface area contributed by atoms with Crippen LogP contribution in [0.4, 0.5) is 4.39 Å². The summed E-state index contributed by atoms with van der Waals surface area (Å²) < 4.78 is 18.9. The van der Waals surface area contributed by atoms with E-state index in [4.69, 9.17) is 4.74 Å². The molecule has 1 aliphatic rings. The second-order valence-electron chi connectivity index (χ2n) is 6.16. The van der Waals surface area contributed by atoms with Crippen LogP contribution in [0, 0.1) is 11.7 Å². The van der Waals surface area contributed by atoms with E-state index in [1.807, 2.05) is 0 Å². The normalized spacial score (nSPS) is 27.3. The number of carboxylic acid groups (broad SMARTS) is 1. The van der Waals surface area contributed by atoms with Gasteiger partial charge in [0.25, 0.3) is 0 Å². The molecule has 0 aliphatic carbocycles. The van der Waals surface area contributed by atoms with Crippen LogP contribution in [-0.4, -0.2) is 23.3 Å². The van der Waals surface area contributed by atoms with E-state index in [0.717, 1.165) is 24.8 Å². The number of ether oxygens (including phenoxy) is 1. The minimum absolute atomic E-state index is 0.0795. The van der Waals surface area contributed by atoms with E-state index < -0.39 is 5.97 Å². The average molecular weight is 294 g/mol. The number of hydrogen-bond acceptors (Lipinski definition) is 2. The van der Waals surface area contributed by atoms with Gasteiger partial charge in [0, 0.05) is 6.61 Å². The van der Waals surface area contributed by atoms with Crippen LogP contribution in [0.25, 0.3) is 0 Å². The van der Waals surface area contributed by atoms with Crippen molar-refractivity contribution in [1.29, 1.82) is 0 Å². The highest BCUT2D eigenvalue weighted by Gasteiger charge is 2.36. The Hall–Kier alpha value is -1.42. The van der Waals surface area contributed by atoms with E-state index in [9.17, 15) is 14.3 Å². The third kappa shape index (κ3) is 4.03. The molecule has 0 aromatic heterocycles. The lowest BCUT2D eigenvalue weighted by atomic mass is 9.74. The van der Waals surface area contributed by atoms with E-state index in [-0.39, 0.29) is 29.7 Å². The van der Waals surface area contributed by atoms with Crippen LogP contribution >= 0.6 is 0 Å². The predicted octanol–water partition coefficient (Wildman–Crippen LogP) is 3.98. The topological polar surface area (TPSA) is 46.5 Å². The lowest BCUT2D eigenvalue weighted by molar-refractivity contribution is -0.139. The van der Waals surface area contributed by atoms with Crippen molar-refractivity contribution in [2.24, 2.45) is 5.92 Å². The first-order valence-electron chi connectivity index (χ1n) is 7.55. The minimum atomic E-state index is -0.811. The zero-order valence-corrected chi connectivity index (χ0v) is 12.6. The van der Waals surface area contributed by atoms with Crippen molar-refractivity contribution in [1.82, 2.24) is 0 Å². The molecule has 3 atom stereocenters. The molecule has 1 fully saturated rings. The van der Waals surface area contributed by atoms with Crippen LogP contribution in [0.3, 0.4) is 0 Å². The van der Waals surface area contributed by atoms with Gasteiger partial charge in [-0.1, -0.05) is 19.1 Å². The Morgan fingerprint density at radius 2 is 2.14 bits per heavy atom. The number of hydrogen-bond donors (Lipinski definition) is 1. The van der Waals surface area contributed by atoms with Crippen molar-refractivity contribution in [3.63, 3.8) is 0 Å². The van der Waals surface area contributed by atoms with E-state index in [1.165, 1.54) is 12.1 Å². The maximum Gasteiger partial charge on any atom is 0.303 e. The highest BCUT2D eigenvalue weighted by molar-refractivity contribution is 5.68. The summed E-state index contributed by atoms with van der Waals surface area (Å²) >= 11 is 0. The molecule has 0 saturated carbocycles. The molecule has 1 aliphatic heterocycles. The molecule has 0 amide bonds. The van der Waals surface area contributed by atoms with E-state index in [2.05, 4.69) is 13.8 Å². The molecule has 0 unspecified atom stereocenters. The van der Waals surface area contributed by atoms with Crippen molar-refractivity contribution < 1.29 is 19.0 Å². The van der Waals surface area contributed by atoms with Gasteiger partial charge in [0.15, 0.2) is 0 Å². The number of carboxylic acids is 1. The molecular weight excluding hydrogens is 271 g/mol. The fraction of sp³-hybridized carbons (Fsp3) is 0.588. The van der Waals surface area contributed by atoms with E-state index in [1.54, 1.807) is 12.1 Å². The molecule has 0 bridgehead atoms.